The Labute approximate surface area is 131 Å². The lowest BCUT2D eigenvalue weighted by molar-refractivity contribution is 0.101. The Morgan fingerprint density at radius 1 is 1.13 bits per heavy atom. The molecule has 1 N–H and O–H groups in total. The summed E-state index contributed by atoms with van der Waals surface area (Å²) in [4.78, 5) is 33.6. The summed E-state index contributed by atoms with van der Waals surface area (Å²) in [6, 6.07) is 10.4. The molecule has 6 heteroatoms. The van der Waals surface area contributed by atoms with E-state index < -0.39 is 0 Å². The number of rotatable bonds is 3. The Hall–Kier alpha value is -3.02. The smallest absolute Gasteiger partial charge is 0.267 e. The number of benzene rings is 1. The van der Waals surface area contributed by atoms with Crippen molar-refractivity contribution in [2.24, 2.45) is 0 Å². The molecule has 1 aliphatic rings. The monoisotopic (exact) mass is 306 g/mol. The molecule has 0 spiro atoms. The van der Waals surface area contributed by atoms with Gasteiger partial charge in [0.2, 0.25) is 0 Å². The van der Waals surface area contributed by atoms with E-state index in [4.69, 9.17) is 0 Å². The highest BCUT2D eigenvalue weighted by Crippen LogP contribution is 2.38. The standard InChI is InChI=1S/C17H14N4O2/c22-16(12-7-9-18-10-8-12)20-21-15(11-5-6-11)19-14-4-2-1-3-13(14)17(21)23/h1-4,7-11H,5-6H2,(H,20,22). The maximum atomic E-state index is 12.7. The van der Waals surface area contributed by atoms with Crippen molar-refractivity contribution in [2.75, 3.05) is 5.43 Å². The van der Waals surface area contributed by atoms with Crippen molar-refractivity contribution in [3.63, 3.8) is 0 Å². The van der Waals surface area contributed by atoms with E-state index >= 15 is 0 Å². The maximum absolute atomic E-state index is 12.7. The van der Waals surface area contributed by atoms with Gasteiger partial charge in [-0.25, -0.2) is 9.66 Å². The van der Waals surface area contributed by atoms with Gasteiger partial charge < -0.3 is 0 Å². The number of fused-ring (bicyclic) bond motifs is 1. The molecule has 0 unspecified atom stereocenters. The number of para-hydroxylation sites is 1. The molecule has 1 saturated carbocycles. The van der Waals surface area contributed by atoms with Gasteiger partial charge in [0.1, 0.15) is 5.82 Å². The minimum Gasteiger partial charge on any atom is -0.267 e. The number of nitrogens with one attached hydrogen (secondary N) is 1. The Bertz CT molecular complexity index is 946. The van der Waals surface area contributed by atoms with Crippen molar-refractivity contribution in [1.82, 2.24) is 14.6 Å². The molecule has 0 saturated heterocycles. The van der Waals surface area contributed by atoms with Crippen LogP contribution in [0.4, 0.5) is 0 Å². The molecule has 4 rings (SSSR count). The number of hydrogen-bond donors (Lipinski definition) is 1. The van der Waals surface area contributed by atoms with E-state index in [1.165, 1.54) is 17.1 Å². The molecule has 2 aromatic heterocycles. The predicted molar refractivity (Wildman–Crippen MR) is 85.9 cm³/mol. The Balaban J connectivity index is 1.82. The number of nitrogens with zero attached hydrogens (tertiary/aromatic N) is 3. The lowest BCUT2D eigenvalue weighted by Gasteiger charge is -2.14. The van der Waals surface area contributed by atoms with Crippen LogP contribution >= 0.6 is 0 Å². The van der Waals surface area contributed by atoms with Crippen molar-refractivity contribution < 1.29 is 4.79 Å². The quantitative estimate of drug-likeness (QED) is 0.803. The van der Waals surface area contributed by atoms with Gasteiger partial charge in [-0.1, -0.05) is 12.1 Å². The van der Waals surface area contributed by atoms with Crippen LogP contribution < -0.4 is 11.0 Å². The van der Waals surface area contributed by atoms with Gasteiger partial charge in [-0.15, -0.1) is 0 Å². The fourth-order valence-corrected chi connectivity index (χ4v) is 2.54. The van der Waals surface area contributed by atoms with Crippen LogP contribution in [-0.2, 0) is 0 Å². The summed E-state index contributed by atoms with van der Waals surface area (Å²) in [5, 5.41) is 0.493. The second-order valence-electron chi connectivity index (χ2n) is 5.58. The van der Waals surface area contributed by atoms with Gasteiger partial charge in [-0.05, 0) is 37.1 Å². The minimum absolute atomic E-state index is 0.227. The Kier molecular flexibility index (Phi) is 3.15. The fraction of sp³-hybridized carbons (Fsp3) is 0.176. The molecule has 1 aliphatic carbocycles. The first-order chi connectivity index (χ1) is 11.2. The number of carbonyl (C=O) groups excluding carboxylic acids is 1. The molecular formula is C17H14N4O2. The molecule has 0 radical (unpaired) electrons. The molecule has 0 atom stereocenters. The van der Waals surface area contributed by atoms with E-state index in [-0.39, 0.29) is 17.4 Å². The van der Waals surface area contributed by atoms with Crippen molar-refractivity contribution in [2.45, 2.75) is 18.8 Å². The summed E-state index contributed by atoms with van der Waals surface area (Å²) in [5.41, 5.74) is 3.54. The summed E-state index contributed by atoms with van der Waals surface area (Å²) >= 11 is 0. The first-order valence-corrected chi connectivity index (χ1v) is 7.47. The molecule has 1 fully saturated rings. The van der Waals surface area contributed by atoms with E-state index in [9.17, 15) is 9.59 Å². The lowest BCUT2D eigenvalue weighted by Crippen LogP contribution is -2.36. The van der Waals surface area contributed by atoms with Gasteiger partial charge in [0.25, 0.3) is 11.5 Å². The van der Waals surface area contributed by atoms with Crippen LogP contribution in [0.25, 0.3) is 10.9 Å². The molecule has 0 bridgehead atoms. The second kappa shape index (κ2) is 5.31. The van der Waals surface area contributed by atoms with Crippen LogP contribution in [-0.4, -0.2) is 20.6 Å². The zero-order valence-corrected chi connectivity index (χ0v) is 12.3. The molecule has 1 amide bonds. The highest BCUT2D eigenvalue weighted by molar-refractivity contribution is 6.00. The summed E-state index contributed by atoms with van der Waals surface area (Å²) in [7, 11) is 0. The lowest BCUT2D eigenvalue weighted by atomic mass is 10.2. The summed E-state index contributed by atoms with van der Waals surface area (Å²) in [6.45, 7) is 0. The molecule has 23 heavy (non-hydrogen) atoms. The van der Waals surface area contributed by atoms with Crippen LogP contribution in [0.1, 0.15) is 34.9 Å². The SMILES string of the molecule is O=C(Nn1c(C2CC2)nc2ccccc2c1=O)c1ccncc1. The van der Waals surface area contributed by atoms with E-state index in [0.29, 0.717) is 22.3 Å². The van der Waals surface area contributed by atoms with Crippen LogP contribution in [0, 0.1) is 0 Å². The first kappa shape index (κ1) is 13.6. The normalized spacial score (nSPS) is 13.9. The molecule has 6 nitrogen and oxygen atoms in total. The predicted octanol–water partition coefficient (Wildman–Crippen LogP) is 2.05. The Morgan fingerprint density at radius 3 is 2.61 bits per heavy atom. The van der Waals surface area contributed by atoms with Crippen molar-refractivity contribution >= 4 is 16.8 Å². The van der Waals surface area contributed by atoms with Crippen LogP contribution in [0.3, 0.4) is 0 Å². The maximum Gasteiger partial charge on any atom is 0.280 e. The molecular weight excluding hydrogens is 292 g/mol. The summed E-state index contributed by atoms with van der Waals surface area (Å²) in [5.74, 6) is 0.495. The third-order valence-electron chi connectivity index (χ3n) is 3.90. The molecule has 2 heterocycles. The number of carbonyl (C=O) groups is 1. The topological polar surface area (TPSA) is 76.9 Å². The van der Waals surface area contributed by atoms with E-state index in [1.54, 1.807) is 24.3 Å². The van der Waals surface area contributed by atoms with Crippen LogP contribution in [0.2, 0.25) is 0 Å². The molecule has 1 aromatic carbocycles. The van der Waals surface area contributed by atoms with Crippen molar-refractivity contribution in [1.29, 1.82) is 0 Å². The number of hydrogen-bond acceptors (Lipinski definition) is 4. The second-order valence-corrected chi connectivity index (χ2v) is 5.58. The Morgan fingerprint density at radius 2 is 1.87 bits per heavy atom. The third kappa shape index (κ3) is 2.48. The summed E-state index contributed by atoms with van der Waals surface area (Å²) < 4.78 is 1.29. The average Bonchev–Trinajstić information content (AvgIpc) is 3.43. The zero-order valence-electron chi connectivity index (χ0n) is 12.3. The highest BCUT2D eigenvalue weighted by Gasteiger charge is 2.30. The highest BCUT2D eigenvalue weighted by atomic mass is 16.2. The third-order valence-corrected chi connectivity index (χ3v) is 3.90. The van der Waals surface area contributed by atoms with Gasteiger partial charge in [-0.2, -0.15) is 0 Å². The number of amides is 1. The molecule has 0 aliphatic heterocycles. The van der Waals surface area contributed by atoms with Gasteiger partial charge in [-0.3, -0.25) is 20.0 Å². The van der Waals surface area contributed by atoms with Crippen LogP contribution in [0.5, 0.6) is 0 Å². The van der Waals surface area contributed by atoms with Gasteiger partial charge in [0.15, 0.2) is 0 Å². The zero-order chi connectivity index (χ0) is 15.8. The first-order valence-electron chi connectivity index (χ1n) is 7.47. The van der Waals surface area contributed by atoms with Gasteiger partial charge in [0, 0.05) is 23.9 Å². The van der Waals surface area contributed by atoms with E-state index in [1.807, 2.05) is 12.1 Å². The fourth-order valence-electron chi connectivity index (χ4n) is 2.54. The average molecular weight is 306 g/mol. The van der Waals surface area contributed by atoms with Crippen molar-refractivity contribution in [3.05, 3.63) is 70.5 Å². The molecule has 114 valence electrons. The number of pyridine rings is 1. The van der Waals surface area contributed by atoms with Crippen molar-refractivity contribution in [3.8, 4) is 0 Å². The van der Waals surface area contributed by atoms with E-state index in [2.05, 4.69) is 15.4 Å². The van der Waals surface area contributed by atoms with E-state index in [0.717, 1.165) is 12.8 Å². The largest absolute Gasteiger partial charge is 0.280 e. The number of aromatic nitrogens is 3. The van der Waals surface area contributed by atoms with Gasteiger partial charge >= 0.3 is 0 Å². The molecule has 3 aromatic rings. The minimum atomic E-state index is -0.353. The van der Waals surface area contributed by atoms with Gasteiger partial charge in [0.05, 0.1) is 10.9 Å². The summed E-state index contributed by atoms with van der Waals surface area (Å²) in [6.07, 6.45) is 5.04. The van der Waals surface area contributed by atoms with Crippen LogP contribution in [0.15, 0.2) is 53.6 Å².